The molecular weight excluding hydrogens is 358 g/mol. The van der Waals surface area contributed by atoms with Crippen molar-refractivity contribution in [1.29, 1.82) is 0 Å². The highest BCUT2D eigenvalue weighted by Crippen LogP contribution is 2.29. The summed E-state index contributed by atoms with van der Waals surface area (Å²) in [5.74, 6) is 3.47. The highest BCUT2D eigenvalue weighted by atomic mass is 32.2. The summed E-state index contributed by atoms with van der Waals surface area (Å²) >= 11 is 1.83. The van der Waals surface area contributed by atoms with E-state index in [9.17, 15) is 4.79 Å². The van der Waals surface area contributed by atoms with Gasteiger partial charge in [0, 0.05) is 24.5 Å². The number of carbonyl (C=O) groups excluding carboxylic acids is 1. The highest BCUT2D eigenvalue weighted by Gasteiger charge is 2.08. The molecule has 1 amide bonds. The Balaban J connectivity index is 1.68. The van der Waals surface area contributed by atoms with Crippen molar-refractivity contribution in [3.63, 3.8) is 0 Å². The van der Waals surface area contributed by atoms with Gasteiger partial charge in [0.25, 0.3) is 0 Å². The molecule has 0 aromatic heterocycles. The van der Waals surface area contributed by atoms with Gasteiger partial charge in [-0.05, 0) is 43.5 Å². The Morgan fingerprint density at radius 1 is 0.963 bits per heavy atom. The van der Waals surface area contributed by atoms with Crippen LogP contribution in [0, 0.1) is 0 Å². The van der Waals surface area contributed by atoms with Gasteiger partial charge in [-0.25, -0.2) is 0 Å². The number of ether oxygens (including phenoxy) is 2. The van der Waals surface area contributed by atoms with Gasteiger partial charge in [0.15, 0.2) is 11.5 Å². The molecular formula is C22H29NO3S. The number of rotatable bonds is 12. The number of carbonyl (C=O) groups is 1. The average Bonchev–Trinajstić information content (AvgIpc) is 2.69. The molecule has 0 saturated carbocycles. The molecule has 0 atom stereocenters. The van der Waals surface area contributed by atoms with Crippen molar-refractivity contribution in [3.05, 3.63) is 59.7 Å². The van der Waals surface area contributed by atoms with E-state index in [2.05, 4.69) is 29.6 Å². The zero-order valence-corrected chi connectivity index (χ0v) is 17.0. The lowest BCUT2D eigenvalue weighted by Crippen LogP contribution is -2.25. The summed E-state index contributed by atoms with van der Waals surface area (Å²) in [4.78, 5) is 12.1. The van der Waals surface area contributed by atoms with Gasteiger partial charge in [-0.3, -0.25) is 4.79 Å². The van der Waals surface area contributed by atoms with Crippen LogP contribution >= 0.6 is 11.8 Å². The second-order valence-electron chi connectivity index (χ2n) is 6.04. The Hall–Kier alpha value is -2.14. The first kappa shape index (κ1) is 21.2. The van der Waals surface area contributed by atoms with Crippen molar-refractivity contribution >= 4 is 17.7 Å². The third kappa shape index (κ3) is 7.95. The standard InChI is InChI=1S/C22H29NO3S/c1-3-25-20-12-10-18(16-21(20)26-4-2)11-13-22(24)23-14-15-27-17-19-8-6-5-7-9-19/h5-10,12,16H,3-4,11,13-15,17H2,1-2H3,(H,23,24). The molecule has 0 aliphatic heterocycles. The minimum absolute atomic E-state index is 0.0853. The van der Waals surface area contributed by atoms with Crippen molar-refractivity contribution < 1.29 is 14.3 Å². The van der Waals surface area contributed by atoms with Crippen molar-refractivity contribution in [2.45, 2.75) is 32.4 Å². The van der Waals surface area contributed by atoms with Crippen LogP contribution in [0.3, 0.4) is 0 Å². The summed E-state index contributed by atoms with van der Waals surface area (Å²) < 4.78 is 11.2. The first-order valence-electron chi connectivity index (χ1n) is 9.49. The van der Waals surface area contributed by atoms with Gasteiger partial charge in [-0.15, -0.1) is 0 Å². The summed E-state index contributed by atoms with van der Waals surface area (Å²) in [5, 5.41) is 2.99. The number of amides is 1. The Morgan fingerprint density at radius 2 is 1.70 bits per heavy atom. The lowest BCUT2D eigenvalue weighted by molar-refractivity contribution is -0.120. The summed E-state index contributed by atoms with van der Waals surface area (Å²) in [6, 6.07) is 16.3. The summed E-state index contributed by atoms with van der Waals surface area (Å²) in [6.07, 6.45) is 1.17. The molecule has 0 aliphatic carbocycles. The fraction of sp³-hybridized carbons (Fsp3) is 0.409. The van der Waals surface area contributed by atoms with Crippen LogP contribution in [0.2, 0.25) is 0 Å². The molecule has 2 rings (SSSR count). The van der Waals surface area contributed by atoms with Crippen LogP contribution in [0.1, 0.15) is 31.4 Å². The van der Waals surface area contributed by atoms with Crippen LogP contribution in [0.5, 0.6) is 11.5 Å². The van der Waals surface area contributed by atoms with Gasteiger partial charge < -0.3 is 14.8 Å². The van der Waals surface area contributed by atoms with Crippen LogP contribution in [0.15, 0.2) is 48.5 Å². The van der Waals surface area contributed by atoms with E-state index in [0.29, 0.717) is 32.6 Å². The predicted octanol–water partition coefficient (Wildman–Crippen LogP) is 4.47. The van der Waals surface area contributed by atoms with Crippen LogP contribution in [0.25, 0.3) is 0 Å². The fourth-order valence-corrected chi connectivity index (χ4v) is 3.44. The molecule has 0 radical (unpaired) electrons. The molecule has 1 N–H and O–H groups in total. The van der Waals surface area contributed by atoms with Gasteiger partial charge in [-0.1, -0.05) is 36.4 Å². The maximum atomic E-state index is 12.1. The SMILES string of the molecule is CCOc1ccc(CCC(=O)NCCSCc2ccccc2)cc1OCC. The number of hydrogen-bond acceptors (Lipinski definition) is 4. The van der Waals surface area contributed by atoms with Crippen LogP contribution < -0.4 is 14.8 Å². The Morgan fingerprint density at radius 3 is 2.44 bits per heavy atom. The molecule has 5 heteroatoms. The second kappa shape index (κ2) is 12.3. The lowest BCUT2D eigenvalue weighted by Gasteiger charge is -2.12. The molecule has 0 spiro atoms. The van der Waals surface area contributed by atoms with E-state index in [-0.39, 0.29) is 5.91 Å². The van der Waals surface area contributed by atoms with E-state index in [1.54, 1.807) is 0 Å². The third-order valence-electron chi connectivity index (χ3n) is 3.93. The van der Waals surface area contributed by atoms with Gasteiger partial charge in [0.05, 0.1) is 13.2 Å². The Bertz CT molecular complexity index is 691. The minimum atomic E-state index is 0.0853. The first-order chi connectivity index (χ1) is 13.2. The molecule has 0 saturated heterocycles. The topological polar surface area (TPSA) is 47.6 Å². The first-order valence-corrected chi connectivity index (χ1v) is 10.6. The van der Waals surface area contributed by atoms with Gasteiger partial charge >= 0.3 is 0 Å². The van der Waals surface area contributed by atoms with Crippen molar-refractivity contribution in [2.24, 2.45) is 0 Å². The summed E-state index contributed by atoms with van der Waals surface area (Å²) in [5.41, 5.74) is 2.39. The average molecular weight is 388 g/mol. The zero-order chi connectivity index (χ0) is 19.3. The molecule has 0 heterocycles. The van der Waals surface area contributed by atoms with Gasteiger partial charge in [0.1, 0.15) is 0 Å². The predicted molar refractivity (Wildman–Crippen MR) is 113 cm³/mol. The molecule has 2 aromatic carbocycles. The molecule has 0 bridgehead atoms. The normalized spacial score (nSPS) is 10.4. The van der Waals surface area contributed by atoms with E-state index < -0.39 is 0 Å². The van der Waals surface area contributed by atoms with E-state index in [1.807, 2.05) is 49.9 Å². The van der Waals surface area contributed by atoms with Crippen molar-refractivity contribution in [2.75, 3.05) is 25.5 Å². The monoisotopic (exact) mass is 387 g/mol. The third-order valence-corrected chi connectivity index (χ3v) is 4.96. The van der Waals surface area contributed by atoms with Crippen molar-refractivity contribution in [3.8, 4) is 11.5 Å². The van der Waals surface area contributed by atoms with E-state index in [4.69, 9.17) is 9.47 Å². The molecule has 146 valence electrons. The molecule has 2 aromatic rings. The summed E-state index contributed by atoms with van der Waals surface area (Å²) in [7, 11) is 0. The minimum Gasteiger partial charge on any atom is -0.490 e. The fourth-order valence-electron chi connectivity index (χ4n) is 2.62. The highest BCUT2D eigenvalue weighted by molar-refractivity contribution is 7.98. The summed E-state index contributed by atoms with van der Waals surface area (Å²) in [6.45, 7) is 5.79. The Kier molecular flexibility index (Phi) is 9.63. The lowest BCUT2D eigenvalue weighted by atomic mass is 10.1. The largest absolute Gasteiger partial charge is 0.490 e. The van der Waals surface area contributed by atoms with Crippen LogP contribution in [0.4, 0.5) is 0 Å². The van der Waals surface area contributed by atoms with E-state index in [1.165, 1.54) is 5.56 Å². The number of hydrogen-bond donors (Lipinski definition) is 1. The Labute approximate surface area is 166 Å². The number of benzene rings is 2. The van der Waals surface area contributed by atoms with Crippen LogP contribution in [-0.4, -0.2) is 31.4 Å². The molecule has 27 heavy (non-hydrogen) atoms. The number of aryl methyl sites for hydroxylation is 1. The van der Waals surface area contributed by atoms with E-state index in [0.717, 1.165) is 28.6 Å². The second-order valence-corrected chi connectivity index (χ2v) is 7.14. The molecule has 0 aliphatic rings. The zero-order valence-electron chi connectivity index (χ0n) is 16.2. The molecule has 0 fully saturated rings. The molecule has 4 nitrogen and oxygen atoms in total. The quantitative estimate of drug-likeness (QED) is 0.546. The van der Waals surface area contributed by atoms with Crippen LogP contribution in [-0.2, 0) is 17.0 Å². The number of nitrogens with one attached hydrogen (secondary N) is 1. The maximum Gasteiger partial charge on any atom is 0.220 e. The van der Waals surface area contributed by atoms with Gasteiger partial charge in [0.2, 0.25) is 5.91 Å². The number of thioether (sulfide) groups is 1. The van der Waals surface area contributed by atoms with Gasteiger partial charge in [-0.2, -0.15) is 11.8 Å². The van der Waals surface area contributed by atoms with Crippen molar-refractivity contribution in [1.82, 2.24) is 5.32 Å². The molecule has 0 unspecified atom stereocenters. The van der Waals surface area contributed by atoms with E-state index >= 15 is 0 Å². The maximum absolute atomic E-state index is 12.1. The smallest absolute Gasteiger partial charge is 0.220 e.